The predicted octanol–water partition coefficient (Wildman–Crippen LogP) is 4.35. The first kappa shape index (κ1) is 22.5. The first-order valence-electron chi connectivity index (χ1n) is 10.5. The van der Waals surface area contributed by atoms with Crippen molar-refractivity contribution < 1.29 is 18.7 Å². The zero-order chi connectivity index (χ0) is 22.9. The lowest BCUT2D eigenvalue weighted by Crippen LogP contribution is -2.44. The monoisotopic (exact) mass is 426 g/mol. The number of hydrogen-bond acceptors (Lipinski definition) is 6. The predicted molar refractivity (Wildman–Crippen MR) is 118 cm³/mol. The number of fused-ring (bicyclic) bond motifs is 1. The molecule has 0 radical (unpaired) electrons. The van der Waals surface area contributed by atoms with E-state index < -0.39 is 5.97 Å². The van der Waals surface area contributed by atoms with Gasteiger partial charge in [-0.25, -0.2) is 14.5 Å². The van der Waals surface area contributed by atoms with Crippen LogP contribution in [0.1, 0.15) is 69.0 Å². The standard InChI is InChI=1S/C23H30N4O4/c1-8-23(6,7)26-20(28)12-30-22(29)17-10-19(16-9-14(4)31-15(16)5)25-21-18(17)11-24-27(21)13(2)3/h9-11,13H,8,12H2,1-7H3,(H,26,28). The Morgan fingerprint density at radius 3 is 2.55 bits per heavy atom. The van der Waals surface area contributed by atoms with Gasteiger partial charge < -0.3 is 14.5 Å². The molecule has 0 aromatic carbocycles. The smallest absolute Gasteiger partial charge is 0.339 e. The van der Waals surface area contributed by atoms with Gasteiger partial charge in [-0.3, -0.25) is 4.79 Å². The Labute approximate surface area is 182 Å². The van der Waals surface area contributed by atoms with Gasteiger partial charge in [-0.2, -0.15) is 5.10 Å². The summed E-state index contributed by atoms with van der Waals surface area (Å²) in [7, 11) is 0. The maximum absolute atomic E-state index is 13.0. The highest BCUT2D eigenvalue weighted by atomic mass is 16.5. The summed E-state index contributed by atoms with van der Waals surface area (Å²) in [4.78, 5) is 29.9. The van der Waals surface area contributed by atoms with E-state index in [1.807, 2.05) is 54.5 Å². The first-order valence-corrected chi connectivity index (χ1v) is 10.5. The number of furan rings is 1. The summed E-state index contributed by atoms with van der Waals surface area (Å²) >= 11 is 0. The molecule has 0 fully saturated rings. The van der Waals surface area contributed by atoms with Crippen LogP contribution < -0.4 is 5.32 Å². The molecule has 3 aromatic heterocycles. The fourth-order valence-corrected chi connectivity index (χ4v) is 3.30. The van der Waals surface area contributed by atoms with Crippen molar-refractivity contribution in [1.82, 2.24) is 20.1 Å². The molecule has 0 unspecified atom stereocenters. The van der Waals surface area contributed by atoms with Crippen molar-refractivity contribution in [1.29, 1.82) is 0 Å². The Morgan fingerprint density at radius 1 is 1.26 bits per heavy atom. The molecule has 0 aliphatic carbocycles. The molecular formula is C23H30N4O4. The summed E-state index contributed by atoms with van der Waals surface area (Å²) in [6.45, 7) is 13.2. The minimum atomic E-state index is -0.598. The molecule has 0 saturated carbocycles. The van der Waals surface area contributed by atoms with Gasteiger partial charge in [0.1, 0.15) is 11.5 Å². The second-order valence-electron chi connectivity index (χ2n) is 8.66. The Hall–Kier alpha value is -3.16. The van der Waals surface area contributed by atoms with Crippen molar-refractivity contribution in [3.63, 3.8) is 0 Å². The summed E-state index contributed by atoms with van der Waals surface area (Å²) in [5.41, 5.74) is 1.91. The van der Waals surface area contributed by atoms with Gasteiger partial charge in [-0.15, -0.1) is 0 Å². The summed E-state index contributed by atoms with van der Waals surface area (Å²) in [5, 5.41) is 7.84. The fraction of sp³-hybridized carbons (Fsp3) is 0.478. The number of pyridine rings is 1. The third kappa shape index (κ3) is 4.78. The number of carbonyl (C=O) groups is 2. The molecule has 1 amide bonds. The van der Waals surface area contributed by atoms with Crippen LogP contribution in [0.4, 0.5) is 0 Å². The molecule has 3 aromatic rings. The van der Waals surface area contributed by atoms with Gasteiger partial charge in [0.15, 0.2) is 12.3 Å². The SMILES string of the molecule is CCC(C)(C)NC(=O)COC(=O)c1cc(-c2cc(C)oc2C)nc2c1cnn2C(C)C. The lowest BCUT2D eigenvalue weighted by Gasteiger charge is -2.24. The number of amides is 1. The van der Waals surface area contributed by atoms with Gasteiger partial charge in [0.2, 0.25) is 0 Å². The van der Waals surface area contributed by atoms with E-state index in [1.54, 1.807) is 16.9 Å². The van der Waals surface area contributed by atoms with Crippen molar-refractivity contribution in [3.8, 4) is 11.3 Å². The number of nitrogens with zero attached hydrogens (tertiary/aromatic N) is 3. The molecule has 0 saturated heterocycles. The summed E-state index contributed by atoms with van der Waals surface area (Å²) < 4.78 is 12.7. The fourth-order valence-electron chi connectivity index (χ4n) is 3.30. The molecule has 3 heterocycles. The van der Waals surface area contributed by atoms with Crippen LogP contribution >= 0.6 is 0 Å². The van der Waals surface area contributed by atoms with Crippen molar-refractivity contribution in [2.24, 2.45) is 0 Å². The molecule has 8 nitrogen and oxygen atoms in total. The summed E-state index contributed by atoms with van der Waals surface area (Å²) in [6, 6.07) is 3.61. The molecule has 166 valence electrons. The van der Waals surface area contributed by atoms with Gasteiger partial charge >= 0.3 is 5.97 Å². The zero-order valence-electron chi connectivity index (χ0n) is 19.2. The maximum atomic E-state index is 13.0. The molecule has 0 spiro atoms. The molecule has 0 atom stereocenters. The quantitative estimate of drug-likeness (QED) is 0.564. The third-order valence-electron chi connectivity index (χ3n) is 5.29. The average molecular weight is 427 g/mol. The van der Waals surface area contributed by atoms with Gasteiger partial charge in [-0.1, -0.05) is 6.92 Å². The van der Waals surface area contributed by atoms with E-state index in [0.717, 1.165) is 17.7 Å². The van der Waals surface area contributed by atoms with E-state index >= 15 is 0 Å². The Morgan fingerprint density at radius 2 is 1.97 bits per heavy atom. The van der Waals surface area contributed by atoms with Gasteiger partial charge in [-0.05, 0) is 60.1 Å². The molecule has 0 bridgehead atoms. The molecule has 3 rings (SSSR count). The number of esters is 1. The Balaban J connectivity index is 1.98. The van der Waals surface area contributed by atoms with E-state index in [9.17, 15) is 9.59 Å². The minimum Gasteiger partial charge on any atom is -0.466 e. The van der Waals surface area contributed by atoms with Crippen molar-refractivity contribution in [3.05, 3.63) is 35.4 Å². The van der Waals surface area contributed by atoms with Crippen LogP contribution in [-0.4, -0.2) is 38.8 Å². The average Bonchev–Trinajstić information content (AvgIpc) is 3.27. The lowest BCUT2D eigenvalue weighted by molar-refractivity contribution is -0.125. The third-order valence-corrected chi connectivity index (χ3v) is 5.29. The normalized spacial score (nSPS) is 11.9. The maximum Gasteiger partial charge on any atom is 0.339 e. The first-order chi connectivity index (χ1) is 14.5. The molecule has 0 aliphatic heterocycles. The van der Waals surface area contributed by atoms with Crippen LogP contribution in [-0.2, 0) is 9.53 Å². The van der Waals surface area contributed by atoms with Crippen LogP contribution in [0.15, 0.2) is 22.7 Å². The Bertz CT molecular complexity index is 1120. The molecular weight excluding hydrogens is 396 g/mol. The number of ether oxygens (including phenoxy) is 1. The number of nitrogens with one attached hydrogen (secondary N) is 1. The van der Waals surface area contributed by atoms with Crippen LogP contribution in [0.2, 0.25) is 0 Å². The second-order valence-corrected chi connectivity index (χ2v) is 8.66. The highest BCUT2D eigenvalue weighted by Gasteiger charge is 2.23. The highest BCUT2D eigenvalue weighted by molar-refractivity contribution is 6.04. The van der Waals surface area contributed by atoms with E-state index in [2.05, 4.69) is 10.4 Å². The van der Waals surface area contributed by atoms with Crippen LogP contribution in [0, 0.1) is 13.8 Å². The van der Waals surface area contributed by atoms with Gasteiger partial charge in [0, 0.05) is 17.1 Å². The van der Waals surface area contributed by atoms with E-state index in [4.69, 9.17) is 14.1 Å². The second kappa shape index (κ2) is 8.53. The Kier molecular flexibility index (Phi) is 6.20. The topological polar surface area (TPSA) is 99.2 Å². The number of carbonyl (C=O) groups excluding carboxylic acids is 2. The number of aromatic nitrogens is 3. The van der Waals surface area contributed by atoms with Crippen LogP contribution in [0.3, 0.4) is 0 Å². The lowest BCUT2D eigenvalue weighted by atomic mass is 10.0. The van der Waals surface area contributed by atoms with Gasteiger partial charge in [0.05, 0.1) is 22.8 Å². The van der Waals surface area contributed by atoms with Crippen molar-refractivity contribution >= 4 is 22.9 Å². The minimum absolute atomic E-state index is 0.0540. The number of hydrogen-bond donors (Lipinski definition) is 1. The van der Waals surface area contributed by atoms with Crippen molar-refractivity contribution in [2.45, 2.75) is 66.5 Å². The van der Waals surface area contributed by atoms with Crippen LogP contribution in [0.5, 0.6) is 0 Å². The zero-order valence-corrected chi connectivity index (χ0v) is 19.2. The van der Waals surface area contributed by atoms with Crippen LogP contribution in [0.25, 0.3) is 22.3 Å². The molecule has 1 N–H and O–H groups in total. The van der Waals surface area contributed by atoms with E-state index in [0.29, 0.717) is 28.1 Å². The highest BCUT2D eigenvalue weighted by Crippen LogP contribution is 2.30. The number of rotatable bonds is 7. The molecule has 8 heteroatoms. The largest absolute Gasteiger partial charge is 0.466 e. The molecule has 31 heavy (non-hydrogen) atoms. The van der Waals surface area contributed by atoms with Crippen molar-refractivity contribution in [2.75, 3.05) is 6.61 Å². The van der Waals surface area contributed by atoms with Gasteiger partial charge in [0.25, 0.3) is 5.91 Å². The van der Waals surface area contributed by atoms with E-state index in [1.165, 1.54) is 0 Å². The summed E-state index contributed by atoms with van der Waals surface area (Å²) in [6.07, 6.45) is 2.37. The summed E-state index contributed by atoms with van der Waals surface area (Å²) in [5.74, 6) is 0.524. The van der Waals surface area contributed by atoms with E-state index in [-0.39, 0.29) is 24.1 Å². The number of aryl methyl sites for hydroxylation is 2. The molecule has 0 aliphatic rings.